The molecule has 6 heteroatoms. The molecular weight excluding hydrogens is 190 g/mol. The van der Waals surface area contributed by atoms with Gasteiger partial charge in [-0.25, -0.2) is 4.39 Å². The van der Waals surface area contributed by atoms with Crippen molar-refractivity contribution < 1.29 is 23.8 Å². The lowest BCUT2D eigenvalue weighted by Crippen LogP contribution is -2.50. The molecule has 0 aliphatic heterocycles. The van der Waals surface area contributed by atoms with E-state index in [0.29, 0.717) is 6.61 Å². The number of benzene rings is 1. The SMILES string of the molecule is CCOc1ccc(OB([O-])[O-])cc1F. The number of hydrogen-bond acceptors (Lipinski definition) is 4. The molecule has 0 radical (unpaired) electrons. The Morgan fingerprint density at radius 2 is 2.14 bits per heavy atom. The predicted octanol–water partition coefficient (Wildman–Crippen LogP) is -0.691. The fourth-order valence-electron chi connectivity index (χ4n) is 0.939. The van der Waals surface area contributed by atoms with Crippen molar-refractivity contribution in [3.05, 3.63) is 24.0 Å². The molecule has 0 aromatic heterocycles. The maximum Gasteiger partial charge on any atom is 0.168 e. The Labute approximate surface area is 81.1 Å². The molecule has 14 heavy (non-hydrogen) atoms. The highest BCUT2D eigenvalue weighted by molar-refractivity contribution is 6.29. The second-order valence-electron chi connectivity index (χ2n) is 2.43. The van der Waals surface area contributed by atoms with Crippen molar-refractivity contribution in [2.45, 2.75) is 6.92 Å². The summed E-state index contributed by atoms with van der Waals surface area (Å²) in [4.78, 5) is 0. The first-order chi connectivity index (χ1) is 6.63. The average Bonchev–Trinajstić information content (AvgIpc) is 2.09. The molecule has 0 bridgehead atoms. The van der Waals surface area contributed by atoms with Gasteiger partial charge < -0.3 is 19.4 Å². The molecule has 0 amide bonds. The van der Waals surface area contributed by atoms with E-state index in [2.05, 4.69) is 4.65 Å². The van der Waals surface area contributed by atoms with Crippen LogP contribution in [0.25, 0.3) is 0 Å². The monoisotopic (exact) mass is 198 g/mol. The molecule has 0 N–H and O–H groups in total. The second-order valence-corrected chi connectivity index (χ2v) is 2.43. The first-order valence-corrected chi connectivity index (χ1v) is 4.04. The fraction of sp³-hybridized carbons (Fsp3) is 0.250. The minimum absolute atomic E-state index is 0.0631. The predicted molar refractivity (Wildman–Crippen MR) is 44.0 cm³/mol. The molecular formula is C8H8BFO4-2. The number of rotatable bonds is 4. The molecule has 0 heterocycles. The summed E-state index contributed by atoms with van der Waals surface area (Å²) in [6.45, 7) is 2.05. The molecule has 0 aliphatic rings. The van der Waals surface area contributed by atoms with E-state index < -0.39 is 13.1 Å². The van der Waals surface area contributed by atoms with Crippen molar-refractivity contribution in [2.75, 3.05) is 6.61 Å². The Bertz CT molecular complexity index is 305. The van der Waals surface area contributed by atoms with Crippen LogP contribution in [0.3, 0.4) is 0 Å². The summed E-state index contributed by atoms with van der Waals surface area (Å²) in [5, 5.41) is 20.2. The summed E-state index contributed by atoms with van der Waals surface area (Å²) in [5.74, 6) is -0.695. The normalized spacial score (nSPS) is 9.71. The van der Waals surface area contributed by atoms with Crippen molar-refractivity contribution >= 4 is 7.32 Å². The molecule has 76 valence electrons. The highest BCUT2D eigenvalue weighted by atomic mass is 19.1. The molecule has 1 aromatic rings. The van der Waals surface area contributed by atoms with E-state index in [1.807, 2.05) is 0 Å². The first kappa shape index (κ1) is 10.8. The Balaban J connectivity index is 2.78. The molecule has 0 saturated carbocycles. The first-order valence-electron chi connectivity index (χ1n) is 4.04. The third-order valence-corrected chi connectivity index (χ3v) is 1.44. The average molecular weight is 198 g/mol. The van der Waals surface area contributed by atoms with Gasteiger partial charge in [0, 0.05) is 6.07 Å². The third kappa shape index (κ3) is 2.90. The van der Waals surface area contributed by atoms with Gasteiger partial charge in [0.2, 0.25) is 0 Å². The summed E-state index contributed by atoms with van der Waals surface area (Å²) in [6, 6.07) is 3.54. The molecule has 0 unspecified atom stereocenters. The van der Waals surface area contributed by atoms with Crippen LogP contribution in [0.5, 0.6) is 11.5 Å². The van der Waals surface area contributed by atoms with Crippen LogP contribution >= 0.6 is 0 Å². The maximum atomic E-state index is 13.1. The second kappa shape index (κ2) is 4.83. The van der Waals surface area contributed by atoms with Crippen LogP contribution in [0.2, 0.25) is 0 Å². The molecule has 0 saturated heterocycles. The fourth-order valence-corrected chi connectivity index (χ4v) is 0.939. The van der Waals surface area contributed by atoms with Gasteiger partial charge in [-0.3, -0.25) is 0 Å². The van der Waals surface area contributed by atoms with Crippen molar-refractivity contribution in [3.8, 4) is 11.5 Å². The zero-order chi connectivity index (χ0) is 10.6. The number of hydrogen-bond donors (Lipinski definition) is 0. The van der Waals surface area contributed by atoms with Gasteiger partial charge in [0.15, 0.2) is 11.6 Å². The van der Waals surface area contributed by atoms with E-state index in [-0.39, 0.29) is 11.5 Å². The van der Waals surface area contributed by atoms with Crippen molar-refractivity contribution in [2.24, 2.45) is 0 Å². The highest BCUT2D eigenvalue weighted by Gasteiger charge is 2.03. The molecule has 0 atom stereocenters. The Morgan fingerprint density at radius 3 is 2.64 bits per heavy atom. The van der Waals surface area contributed by atoms with Gasteiger partial charge in [-0.15, -0.1) is 0 Å². The van der Waals surface area contributed by atoms with E-state index in [1.54, 1.807) is 6.92 Å². The number of halogens is 1. The van der Waals surface area contributed by atoms with E-state index in [0.717, 1.165) is 6.07 Å². The summed E-state index contributed by atoms with van der Waals surface area (Å²) < 4.78 is 22.2. The van der Waals surface area contributed by atoms with Crippen LogP contribution in [0.1, 0.15) is 6.92 Å². The van der Waals surface area contributed by atoms with Gasteiger partial charge in [-0.05, 0) is 19.1 Å². The molecule has 0 fully saturated rings. The highest BCUT2D eigenvalue weighted by Crippen LogP contribution is 2.22. The number of ether oxygens (including phenoxy) is 1. The molecule has 4 nitrogen and oxygen atoms in total. The van der Waals surface area contributed by atoms with E-state index in [1.165, 1.54) is 12.1 Å². The van der Waals surface area contributed by atoms with Crippen LogP contribution in [0, 0.1) is 5.82 Å². The van der Waals surface area contributed by atoms with E-state index >= 15 is 0 Å². The zero-order valence-corrected chi connectivity index (χ0v) is 7.53. The van der Waals surface area contributed by atoms with Crippen LogP contribution < -0.4 is 19.4 Å². The standard InChI is InChI=1S/C8H8BFO4/c1-2-13-8-4-3-6(5-7(8)10)14-9(11)12/h3-5H,2H2,1H3/q-2. The smallest absolute Gasteiger partial charge is 0.168 e. The minimum atomic E-state index is -2.45. The molecule has 1 rings (SSSR count). The van der Waals surface area contributed by atoms with Gasteiger partial charge in [-0.2, -0.15) is 0 Å². The lowest BCUT2D eigenvalue weighted by atomic mass is 10.2. The third-order valence-electron chi connectivity index (χ3n) is 1.44. The molecule has 0 spiro atoms. The van der Waals surface area contributed by atoms with Crippen molar-refractivity contribution in [1.29, 1.82) is 0 Å². The lowest BCUT2D eigenvalue weighted by molar-refractivity contribution is -0.372. The largest absolute Gasteiger partial charge is 0.860 e. The molecule has 1 aromatic carbocycles. The van der Waals surface area contributed by atoms with Crippen molar-refractivity contribution in [3.63, 3.8) is 0 Å². The van der Waals surface area contributed by atoms with E-state index in [4.69, 9.17) is 4.74 Å². The van der Waals surface area contributed by atoms with Crippen LogP contribution in [-0.4, -0.2) is 13.9 Å². The Morgan fingerprint density at radius 1 is 1.43 bits per heavy atom. The quantitative estimate of drug-likeness (QED) is 0.600. The Kier molecular flexibility index (Phi) is 3.73. The summed E-state index contributed by atoms with van der Waals surface area (Å²) in [6.07, 6.45) is 0. The van der Waals surface area contributed by atoms with Gasteiger partial charge in [0.1, 0.15) is 7.32 Å². The maximum absolute atomic E-state index is 13.1. The topological polar surface area (TPSA) is 64.6 Å². The van der Waals surface area contributed by atoms with E-state index in [9.17, 15) is 14.4 Å². The van der Waals surface area contributed by atoms with Gasteiger partial charge in [0.25, 0.3) is 0 Å². The van der Waals surface area contributed by atoms with Crippen molar-refractivity contribution in [1.82, 2.24) is 0 Å². The summed E-state index contributed by atoms with van der Waals surface area (Å²) in [7, 11) is -2.45. The lowest BCUT2D eigenvalue weighted by Gasteiger charge is -2.26. The summed E-state index contributed by atoms with van der Waals surface area (Å²) in [5.41, 5.74) is 0. The van der Waals surface area contributed by atoms with Gasteiger partial charge >= 0.3 is 0 Å². The van der Waals surface area contributed by atoms with Crippen LogP contribution in [0.4, 0.5) is 4.39 Å². The zero-order valence-electron chi connectivity index (χ0n) is 7.53. The van der Waals surface area contributed by atoms with Gasteiger partial charge in [-0.1, -0.05) is 0 Å². The summed E-state index contributed by atoms with van der Waals surface area (Å²) >= 11 is 0. The van der Waals surface area contributed by atoms with Crippen LogP contribution in [-0.2, 0) is 0 Å². The minimum Gasteiger partial charge on any atom is -0.860 e. The van der Waals surface area contributed by atoms with Crippen LogP contribution in [0.15, 0.2) is 18.2 Å². The van der Waals surface area contributed by atoms with Gasteiger partial charge in [0.05, 0.1) is 12.4 Å². The Hall–Kier alpha value is -1.27. The molecule has 0 aliphatic carbocycles.